The number of pyridine rings is 1. The highest BCUT2D eigenvalue weighted by molar-refractivity contribution is 5.47. The van der Waals surface area contributed by atoms with Gasteiger partial charge in [0.05, 0.1) is 12.5 Å². The monoisotopic (exact) mass is 273 g/mol. The van der Waals surface area contributed by atoms with Gasteiger partial charge >= 0.3 is 0 Å². The molecule has 20 heavy (non-hydrogen) atoms. The van der Waals surface area contributed by atoms with E-state index in [2.05, 4.69) is 42.0 Å². The summed E-state index contributed by atoms with van der Waals surface area (Å²) >= 11 is 0. The fraction of sp³-hybridized carbons (Fsp3) is 0.438. The maximum Gasteiger partial charge on any atom is 0.131 e. The van der Waals surface area contributed by atoms with Crippen molar-refractivity contribution < 1.29 is 4.42 Å². The van der Waals surface area contributed by atoms with Gasteiger partial charge in [-0.1, -0.05) is 13.8 Å². The van der Waals surface area contributed by atoms with Crippen molar-refractivity contribution in [1.82, 2.24) is 10.3 Å². The highest BCUT2D eigenvalue weighted by Crippen LogP contribution is 2.19. The van der Waals surface area contributed by atoms with Crippen LogP contribution in [0.2, 0.25) is 0 Å². The molecule has 0 aliphatic heterocycles. The number of hydrogen-bond donors (Lipinski definition) is 1. The van der Waals surface area contributed by atoms with E-state index in [1.54, 1.807) is 12.5 Å². The molecule has 0 aliphatic rings. The average Bonchev–Trinajstić information content (AvgIpc) is 2.89. The number of hydrogen-bond acceptors (Lipinski definition) is 4. The van der Waals surface area contributed by atoms with Gasteiger partial charge < -0.3 is 14.6 Å². The van der Waals surface area contributed by atoms with Gasteiger partial charge in [0.25, 0.3) is 0 Å². The quantitative estimate of drug-likeness (QED) is 0.878. The van der Waals surface area contributed by atoms with Crippen LogP contribution in [-0.4, -0.2) is 18.1 Å². The summed E-state index contributed by atoms with van der Waals surface area (Å²) in [6.07, 6.45) is 5.42. The minimum atomic E-state index is 0.485. The van der Waals surface area contributed by atoms with Crippen molar-refractivity contribution >= 4 is 5.82 Å². The minimum absolute atomic E-state index is 0.485. The summed E-state index contributed by atoms with van der Waals surface area (Å²) in [5, 5.41) is 3.41. The largest absolute Gasteiger partial charge is 0.472 e. The molecular weight excluding hydrogens is 250 g/mol. The van der Waals surface area contributed by atoms with Crippen LogP contribution >= 0.6 is 0 Å². The van der Waals surface area contributed by atoms with Gasteiger partial charge in [-0.05, 0) is 30.2 Å². The summed E-state index contributed by atoms with van der Waals surface area (Å²) in [4.78, 5) is 6.73. The average molecular weight is 273 g/mol. The van der Waals surface area contributed by atoms with Gasteiger partial charge in [0.15, 0.2) is 0 Å². The van der Waals surface area contributed by atoms with Gasteiger partial charge in [0.1, 0.15) is 5.82 Å². The summed E-state index contributed by atoms with van der Waals surface area (Å²) in [5.74, 6) is 1.01. The molecular formula is C16H23N3O. The van der Waals surface area contributed by atoms with E-state index in [1.165, 1.54) is 11.1 Å². The Morgan fingerprint density at radius 3 is 2.75 bits per heavy atom. The number of nitrogens with one attached hydrogen (secondary N) is 1. The fourth-order valence-electron chi connectivity index (χ4n) is 2.18. The Kier molecular flexibility index (Phi) is 4.79. The van der Waals surface area contributed by atoms with Crippen LogP contribution in [0.15, 0.2) is 35.3 Å². The van der Waals surface area contributed by atoms with Crippen molar-refractivity contribution in [3.63, 3.8) is 0 Å². The first-order valence-corrected chi connectivity index (χ1v) is 6.97. The zero-order valence-electron chi connectivity index (χ0n) is 12.7. The topological polar surface area (TPSA) is 41.3 Å². The molecule has 1 N–H and O–H groups in total. The summed E-state index contributed by atoms with van der Waals surface area (Å²) in [6, 6.07) is 4.66. The third-order valence-corrected chi connectivity index (χ3v) is 3.18. The van der Waals surface area contributed by atoms with Crippen LogP contribution in [-0.2, 0) is 13.1 Å². The Labute approximate surface area is 120 Å². The van der Waals surface area contributed by atoms with Crippen LogP contribution in [0.25, 0.3) is 0 Å². The number of aromatic nitrogens is 1. The van der Waals surface area contributed by atoms with Crippen LogP contribution in [0, 0.1) is 6.92 Å². The molecule has 0 amide bonds. The molecule has 2 heterocycles. The predicted molar refractivity (Wildman–Crippen MR) is 81.8 cm³/mol. The third-order valence-electron chi connectivity index (χ3n) is 3.18. The summed E-state index contributed by atoms with van der Waals surface area (Å²) in [6.45, 7) is 8.05. The second kappa shape index (κ2) is 6.57. The molecule has 0 aromatic carbocycles. The molecule has 0 saturated heterocycles. The second-order valence-electron chi connectivity index (χ2n) is 5.51. The maximum atomic E-state index is 5.10. The van der Waals surface area contributed by atoms with E-state index in [0.29, 0.717) is 6.04 Å². The molecule has 108 valence electrons. The summed E-state index contributed by atoms with van der Waals surface area (Å²) in [7, 11) is 2.05. The smallest absolute Gasteiger partial charge is 0.131 e. The van der Waals surface area contributed by atoms with Crippen molar-refractivity contribution in [3.8, 4) is 0 Å². The second-order valence-corrected chi connectivity index (χ2v) is 5.51. The molecule has 0 aliphatic carbocycles. The first-order valence-electron chi connectivity index (χ1n) is 6.97. The SMILES string of the molecule is Cc1cc(CNC(C)C)cnc1N(C)Cc1ccoc1. The van der Waals surface area contributed by atoms with Crippen molar-refractivity contribution in [1.29, 1.82) is 0 Å². The standard InChI is InChI=1S/C16H23N3O/c1-12(2)17-8-15-7-13(3)16(18-9-15)19(4)10-14-5-6-20-11-14/h5-7,9,11-12,17H,8,10H2,1-4H3. The lowest BCUT2D eigenvalue weighted by molar-refractivity contribution is 0.563. The lowest BCUT2D eigenvalue weighted by Crippen LogP contribution is -2.22. The van der Waals surface area contributed by atoms with Gasteiger partial charge in [0.2, 0.25) is 0 Å². The van der Waals surface area contributed by atoms with Crippen LogP contribution in [0.1, 0.15) is 30.5 Å². The van der Waals surface area contributed by atoms with E-state index in [1.807, 2.05) is 19.3 Å². The highest BCUT2D eigenvalue weighted by atomic mass is 16.3. The number of rotatable bonds is 6. The molecule has 0 fully saturated rings. The lowest BCUT2D eigenvalue weighted by Gasteiger charge is -2.20. The molecule has 4 nitrogen and oxygen atoms in total. The van der Waals surface area contributed by atoms with E-state index >= 15 is 0 Å². The predicted octanol–water partition coefficient (Wildman–Crippen LogP) is 3.12. The number of anilines is 1. The van der Waals surface area contributed by atoms with Crippen LogP contribution in [0.5, 0.6) is 0 Å². The van der Waals surface area contributed by atoms with E-state index < -0.39 is 0 Å². The molecule has 4 heteroatoms. The van der Waals surface area contributed by atoms with Crippen molar-refractivity contribution in [2.75, 3.05) is 11.9 Å². The molecule has 0 bridgehead atoms. The molecule has 0 atom stereocenters. The Hall–Kier alpha value is -1.81. The van der Waals surface area contributed by atoms with E-state index in [-0.39, 0.29) is 0 Å². The van der Waals surface area contributed by atoms with E-state index in [0.717, 1.165) is 24.5 Å². The van der Waals surface area contributed by atoms with Crippen molar-refractivity contribution in [3.05, 3.63) is 47.5 Å². The Morgan fingerprint density at radius 1 is 1.35 bits per heavy atom. The molecule has 0 unspecified atom stereocenters. The van der Waals surface area contributed by atoms with Crippen LogP contribution in [0.4, 0.5) is 5.82 Å². The van der Waals surface area contributed by atoms with Gasteiger partial charge in [-0.3, -0.25) is 0 Å². The molecule has 2 rings (SSSR count). The number of aryl methyl sites for hydroxylation is 1. The minimum Gasteiger partial charge on any atom is -0.472 e. The van der Waals surface area contributed by atoms with E-state index in [4.69, 9.17) is 4.42 Å². The first-order chi connectivity index (χ1) is 9.56. The van der Waals surface area contributed by atoms with Gasteiger partial charge in [-0.2, -0.15) is 0 Å². The third kappa shape index (κ3) is 3.84. The Morgan fingerprint density at radius 2 is 2.15 bits per heavy atom. The Bertz CT molecular complexity index is 535. The van der Waals surface area contributed by atoms with Crippen LogP contribution in [0.3, 0.4) is 0 Å². The molecule has 0 spiro atoms. The number of furan rings is 1. The molecule has 2 aromatic heterocycles. The fourth-order valence-corrected chi connectivity index (χ4v) is 2.18. The molecule has 2 aromatic rings. The first kappa shape index (κ1) is 14.6. The van der Waals surface area contributed by atoms with Gasteiger partial charge in [-0.15, -0.1) is 0 Å². The van der Waals surface area contributed by atoms with Gasteiger partial charge in [0, 0.05) is 37.9 Å². The summed E-state index contributed by atoms with van der Waals surface area (Å²) in [5.41, 5.74) is 3.56. The molecule has 0 saturated carbocycles. The number of nitrogens with zero attached hydrogens (tertiary/aromatic N) is 2. The molecule has 0 radical (unpaired) electrons. The van der Waals surface area contributed by atoms with E-state index in [9.17, 15) is 0 Å². The Balaban J connectivity index is 2.05. The zero-order valence-corrected chi connectivity index (χ0v) is 12.7. The maximum absolute atomic E-state index is 5.10. The van der Waals surface area contributed by atoms with Gasteiger partial charge in [-0.25, -0.2) is 4.98 Å². The zero-order chi connectivity index (χ0) is 14.5. The summed E-state index contributed by atoms with van der Waals surface area (Å²) < 4.78 is 5.10. The lowest BCUT2D eigenvalue weighted by atomic mass is 10.2. The normalized spacial score (nSPS) is 11.1. The van der Waals surface area contributed by atoms with Crippen LogP contribution < -0.4 is 10.2 Å². The van der Waals surface area contributed by atoms with Crippen molar-refractivity contribution in [2.45, 2.75) is 39.9 Å². The van der Waals surface area contributed by atoms with Crippen molar-refractivity contribution in [2.24, 2.45) is 0 Å². The highest BCUT2D eigenvalue weighted by Gasteiger charge is 2.08.